The molecule has 4 heteroatoms. The first-order valence-corrected chi connectivity index (χ1v) is 5.70. The third kappa shape index (κ3) is 2.01. The first kappa shape index (κ1) is 10.3. The summed E-state index contributed by atoms with van der Waals surface area (Å²) in [6, 6.07) is 7.96. The van der Waals surface area contributed by atoms with Gasteiger partial charge in [0.25, 0.3) is 0 Å². The summed E-state index contributed by atoms with van der Waals surface area (Å²) in [5.74, 6) is 0. The van der Waals surface area contributed by atoms with Crippen LogP contribution in [0.4, 0.5) is 0 Å². The Hall–Kier alpha value is -1.87. The Bertz CT molecular complexity index is 646. The number of halogens is 1. The molecule has 0 bridgehead atoms. The highest BCUT2D eigenvalue weighted by atomic mass is 35.5. The zero-order chi connectivity index (χ0) is 11.7. The molecule has 2 heterocycles. The van der Waals surface area contributed by atoms with E-state index in [4.69, 9.17) is 11.6 Å². The van der Waals surface area contributed by atoms with Crippen molar-refractivity contribution in [3.05, 3.63) is 59.8 Å². The lowest BCUT2D eigenvalue weighted by molar-refractivity contribution is 0.800. The second kappa shape index (κ2) is 4.18. The van der Waals surface area contributed by atoms with Gasteiger partial charge >= 0.3 is 0 Å². The van der Waals surface area contributed by atoms with Gasteiger partial charge in [0.2, 0.25) is 0 Å². The van der Waals surface area contributed by atoms with Crippen LogP contribution in [-0.2, 0) is 6.54 Å². The number of benzene rings is 1. The van der Waals surface area contributed by atoms with Gasteiger partial charge in [-0.2, -0.15) is 0 Å². The van der Waals surface area contributed by atoms with Gasteiger partial charge in [-0.1, -0.05) is 17.7 Å². The number of nitrogens with zero attached hydrogens (tertiary/aromatic N) is 3. The van der Waals surface area contributed by atoms with E-state index in [9.17, 15) is 0 Å². The van der Waals surface area contributed by atoms with Crippen LogP contribution >= 0.6 is 11.6 Å². The number of hydrogen-bond acceptors (Lipinski definition) is 2. The normalized spacial score (nSPS) is 10.9. The molecule has 0 N–H and O–H groups in total. The average Bonchev–Trinajstić information content (AvgIpc) is 2.73. The third-order valence-corrected chi connectivity index (χ3v) is 2.92. The summed E-state index contributed by atoms with van der Waals surface area (Å²) in [6.45, 7) is 0.706. The summed E-state index contributed by atoms with van der Waals surface area (Å²) in [5, 5.41) is 1.93. The van der Waals surface area contributed by atoms with Crippen molar-refractivity contribution in [2.24, 2.45) is 0 Å². The maximum absolute atomic E-state index is 6.01. The van der Waals surface area contributed by atoms with Crippen LogP contribution < -0.4 is 0 Å². The molecule has 84 valence electrons. The molecule has 0 saturated heterocycles. The Kier molecular flexibility index (Phi) is 2.53. The fraction of sp³-hybridized carbons (Fsp3) is 0.0769. The van der Waals surface area contributed by atoms with Gasteiger partial charge in [-0.3, -0.25) is 9.97 Å². The standard InChI is InChI=1S/C13H10ClN3/c14-11-2-1-10-3-6-17(13(10)7-11)9-12-8-15-4-5-16-12/h1-8H,9H2. The van der Waals surface area contributed by atoms with Gasteiger partial charge in [0.15, 0.2) is 0 Å². The molecule has 0 atom stereocenters. The van der Waals surface area contributed by atoms with Crippen LogP contribution in [0, 0.1) is 0 Å². The van der Waals surface area contributed by atoms with Crippen LogP contribution in [0.5, 0.6) is 0 Å². The predicted molar refractivity (Wildman–Crippen MR) is 68.1 cm³/mol. The molecule has 3 aromatic rings. The largest absolute Gasteiger partial charge is 0.341 e. The lowest BCUT2D eigenvalue weighted by Crippen LogP contribution is -2.00. The van der Waals surface area contributed by atoms with Crippen molar-refractivity contribution in [2.45, 2.75) is 6.54 Å². The van der Waals surface area contributed by atoms with Crippen LogP contribution in [0.3, 0.4) is 0 Å². The van der Waals surface area contributed by atoms with Crippen LogP contribution in [0.25, 0.3) is 10.9 Å². The lowest BCUT2D eigenvalue weighted by atomic mass is 10.2. The van der Waals surface area contributed by atoms with Crippen LogP contribution in [-0.4, -0.2) is 14.5 Å². The monoisotopic (exact) mass is 243 g/mol. The minimum Gasteiger partial charge on any atom is -0.341 e. The zero-order valence-electron chi connectivity index (χ0n) is 9.05. The minimum absolute atomic E-state index is 0.706. The summed E-state index contributed by atoms with van der Waals surface area (Å²) >= 11 is 6.01. The molecule has 0 unspecified atom stereocenters. The highest BCUT2D eigenvalue weighted by Gasteiger charge is 2.03. The van der Waals surface area contributed by atoms with E-state index in [1.807, 2.05) is 24.4 Å². The molecule has 0 fully saturated rings. The highest BCUT2D eigenvalue weighted by molar-refractivity contribution is 6.31. The SMILES string of the molecule is Clc1ccc2ccn(Cc3cnccn3)c2c1. The minimum atomic E-state index is 0.706. The summed E-state index contributed by atoms with van der Waals surface area (Å²) in [7, 11) is 0. The smallest absolute Gasteiger partial charge is 0.0783 e. The van der Waals surface area contributed by atoms with Gasteiger partial charge in [0, 0.05) is 29.1 Å². The molecule has 0 aliphatic rings. The van der Waals surface area contributed by atoms with Gasteiger partial charge in [-0.25, -0.2) is 0 Å². The second-order valence-electron chi connectivity index (χ2n) is 3.84. The van der Waals surface area contributed by atoms with Crippen molar-refractivity contribution in [3.63, 3.8) is 0 Å². The fourth-order valence-corrected chi connectivity index (χ4v) is 2.05. The van der Waals surface area contributed by atoms with E-state index < -0.39 is 0 Å². The molecular formula is C13H10ClN3. The number of rotatable bonds is 2. The Morgan fingerprint density at radius 1 is 1.18 bits per heavy atom. The Morgan fingerprint density at radius 3 is 2.94 bits per heavy atom. The van der Waals surface area contributed by atoms with Crippen LogP contribution in [0.15, 0.2) is 49.1 Å². The number of aromatic nitrogens is 3. The van der Waals surface area contributed by atoms with Gasteiger partial charge in [-0.05, 0) is 23.6 Å². The molecule has 2 aromatic heterocycles. The molecule has 0 saturated carbocycles. The topological polar surface area (TPSA) is 30.7 Å². The molecule has 3 rings (SSSR count). The zero-order valence-corrected chi connectivity index (χ0v) is 9.80. The van der Waals surface area contributed by atoms with E-state index in [0.29, 0.717) is 6.54 Å². The predicted octanol–water partition coefficient (Wildman–Crippen LogP) is 3.13. The Balaban J connectivity index is 2.03. The first-order valence-electron chi connectivity index (χ1n) is 5.32. The van der Waals surface area contributed by atoms with Gasteiger partial charge < -0.3 is 4.57 Å². The highest BCUT2D eigenvalue weighted by Crippen LogP contribution is 2.20. The van der Waals surface area contributed by atoms with E-state index >= 15 is 0 Å². The molecule has 0 aliphatic carbocycles. The van der Waals surface area contributed by atoms with E-state index in [-0.39, 0.29) is 0 Å². The lowest BCUT2D eigenvalue weighted by Gasteiger charge is -2.04. The molecular weight excluding hydrogens is 234 g/mol. The molecule has 0 radical (unpaired) electrons. The van der Waals surface area contributed by atoms with Gasteiger partial charge in [-0.15, -0.1) is 0 Å². The molecule has 1 aromatic carbocycles. The van der Waals surface area contributed by atoms with Crippen molar-refractivity contribution < 1.29 is 0 Å². The molecule has 0 aliphatic heterocycles. The first-order chi connectivity index (χ1) is 8.33. The summed E-state index contributed by atoms with van der Waals surface area (Å²) in [5.41, 5.74) is 2.05. The van der Waals surface area contributed by atoms with Crippen LogP contribution in [0.1, 0.15) is 5.69 Å². The van der Waals surface area contributed by atoms with Crippen molar-refractivity contribution >= 4 is 22.5 Å². The molecule has 17 heavy (non-hydrogen) atoms. The van der Waals surface area contributed by atoms with Crippen molar-refractivity contribution in [2.75, 3.05) is 0 Å². The number of hydrogen-bond donors (Lipinski definition) is 0. The van der Waals surface area contributed by atoms with Gasteiger partial charge in [0.1, 0.15) is 0 Å². The third-order valence-electron chi connectivity index (χ3n) is 2.68. The molecule has 3 nitrogen and oxygen atoms in total. The quantitative estimate of drug-likeness (QED) is 0.692. The van der Waals surface area contributed by atoms with Crippen molar-refractivity contribution in [3.8, 4) is 0 Å². The molecule has 0 spiro atoms. The van der Waals surface area contributed by atoms with Gasteiger partial charge in [0.05, 0.1) is 18.4 Å². The van der Waals surface area contributed by atoms with Crippen LogP contribution in [0.2, 0.25) is 5.02 Å². The second-order valence-corrected chi connectivity index (χ2v) is 4.28. The average molecular weight is 244 g/mol. The van der Waals surface area contributed by atoms with E-state index in [1.165, 1.54) is 5.39 Å². The van der Waals surface area contributed by atoms with E-state index in [0.717, 1.165) is 16.2 Å². The van der Waals surface area contributed by atoms with Crippen molar-refractivity contribution in [1.82, 2.24) is 14.5 Å². The van der Waals surface area contributed by atoms with E-state index in [2.05, 4.69) is 20.6 Å². The maximum atomic E-state index is 6.01. The Morgan fingerprint density at radius 2 is 2.12 bits per heavy atom. The van der Waals surface area contributed by atoms with E-state index in [1.54, 1.807) is 18.6 Å². The molecule has 0 amide bonds. The summed E-state index contributed by atoms with van der Waals surface area (Å²) in [6.07, 6.45) is 7.19. The summed E-state index contributed by atoms with van der Waals surface area (Å²) < 4.78 is 2.12. The fourth-order valence-electron chi connectivity index (χ4n) is 1.88. The van der Waals surface area contributed by atoms with Crippen molar-refractivity contribution in [1.29, 1.82) is 0 Å². The Labute approximate surface area is 104 Å². The maximum Gasteiger partial charge on any atom is 0.0783 e. The summed E-state index contributed by atoms with van der Waals surface area (Å²) in [4.78, 5) is 8.33. The number of fused-ring (bicyclic) bond motifs is 1.